The van der Waals surface area contributed by atoms with E-state index in [0.29, 0.717) is 34.5 Å². The van der Waals surface area contributed by atoms with Gasteiger partial charge in [0.25, 0.3) is 0 Å². The van der Waals surface area contributed by atoms with Gasteiger partial charge in [0.05, 0.1) is 12.8 Å². The Kier molecular flexibility index (Phi) is 5.28. The molecule has 1 aromatic carbocycles. The van der Waals surface area contributed by atoms with E-state index in [1.165, 1.54) is 0 Å². The smallest absolute Gasteiger partial charge is 0.213 e. The summed E-state index contributed by atoms with van der Waals surface area (Å²) in [5, 5.41) is 8.96. The van der Waals surface area contributed by atoms with Crippen LogP contribution in [0.5, 0.6) is 5.88 Å². The molecule has 7 nitrogen and oxygen atoms in total. The zero-order valence-corrected chi connectivity index (χ0v) is 14.8. The van der Waals surface area contributed by atoms with Crippen molar-refractivity contribution in [2.24, 2.45) is 10.2 Å². The van der Waals surface area contributed by atoms with Gasteiger partial charge in [-0.05, 0) is 36.4 Å². The number of hydrogen-bond acceptors (Lipinski definition) is 7. The fourth-order valence-corrected chi connectivity index (χ4v) is 2.40. The van der Waals surface area contributed by atoms with Gasteiger partial charge >= 0.3 is 0 Å². The van der Waals surface area contributed by atoms with Crippen LogP contribution >= 0.6 is 11.6 Å². The molecule has 2 heterocycles. The Morgan fingerprint density at radius 1 is 1.00 bits per heavy atom. The fourth-order valence-electron chi connectivity index (χ4n) is 2.28. The molecule has 0 aliphatic carbocycles. The number of nitrogens with zero attached hydrogens (tertiary/aromatic N) is 4. The molecule has 132 valence electrons. The lowest BCUT2D eigenvalue weighted by Crippen LogP contribution is -2.03. The molecule has 0 radical (unpaired) electrons. The van der Waals surface area contributed by atoms with Crippen molar-refractivity contribution in [3.63, 3.8) is 0 Å². The molecule has 0 spiro atoms. The second kappa shape index (κ2) is 7.79. The molecule has 0 fully saturated rings. The molecule has 0 aliphatic heterocycles. The molecule has 3 rings (SSSR count). The van der Waals surface area contributed by atoms with Crippen LogP contribution in [0.1, 0.15) is 11.3 Å². The van der Waals surface area contributed by atoms with Crippen LogP contribution in [0.3, 0.4) is 0 Å². The number of azo groups is 1. The number of anilines is 2. The van der Waals surface area contributed by atoms with Crippen LogP contribution < -0.4 is 16.2 Å². The van der Waals surface area contributed by atoms with E-state index in [4.69, 9.17) is 27.8 Å². The highest BCUT2D eigenvalue weighted by Gasteiger charge is 2.10. The molecule has 0 saturated carbocycles. The summed E-state index contributed by atoms with van der Waals surface area (Å²) in [6.07, 6.45) is 0.472. The highest BCUT2D eigenvalue weighted by Crippen LogP contribution is 2.28. The van der Waals surface area contributed by atoms with Crippen LogP contribution in [-0.4, -0.2) is 17.1 Å². The first-order valence-corrected chi connectivity index (χ1v) is 8.15. The van der Waals surface area contributed by atoms with E-state index in [9.17, 15) is 0 Å². The quantitative estimate of drug-likeness (QED) is 0.651. The number of nitrogens with two attached hydrogens (primary N) is 2. The van der Waals surface area contributed by atoms with Crippen LogP contribution in [0.2, 0.25) is 5.02 Å². The molecule has 0 saturated heterocycles. The van der Waals surface area contributed by atoms with Gasteiger partial charge in [-0.25, -0.2) is 9.97 Å². The number of methoxy groups -OCH3 is 1. The number of benzene rings is 1. The lowest BCUT2D eigenvalue weighted by molar-refractivity contribution is 0.396. The maximum absolute atomic E-state index is 6.00. The van der Waals surface area contributed by atoms with Crippen molar-refractivity contribution >= 4 is 34.6 Å². The summed E-state index contributed by atoms with van der Waals surface area (Å²) in [6, 6.07) is 14.3. The van der Waals surface area contributed by atoms with Crippen LogP contribution in [0, 0.1) is 0 Å². The third-order valence-electron chi connectivity index (χ3n) is 3.61. The third kappa shape index (κ3) is 4.25. The first kappa shape index (κ1) is 17.6. The van der Waals surface area contributed by atoms with Crippen LogP contribution in [0.4, 0.5) is 23.0 Å². The molecule has 3 aromatic rings. The number of hydrogen-bond donors (Lipinski definition) is 2. The number of pyridine rings is 2. The number of rotatable bonds is 5. The van der Waals surface area contributed by atoms with Crippen molar-refractivity contribution in [2.45, 2.75) is 6.42 Å². The monoisotopic (exact) mass is 368 g/mol. The zero-order chi connectivity index (χ0) is 18.5. The van der Waals surface area contributed by atoms with E-state index in [1.807, 2.05) is 12.1 Å². The number of nitrogen functional groups attached to an aromatic ring is 2. The number of ether oxygens (including phenoxy) is 1. The molecular weight excluding hydrogens is 352 g/mol. The maximum Gasteiger partial charge on any atom is 0.213 e. The Balaban J connectivity index is 1.87. The lowest BCUT2D eigenvalue weighted by Gasteiger charge is -2.08. The first-order chi connectivity index (χ1) is 12.5. The van der Waals surface area contributed by atoms with Crippen molar-refractivity contribution in [1.29, 1.82) is 0 Å². The Bertz CT molecular complexity index is 943. The van der Waals surface area contributed by atoms with Gasteiger partial charge in [-0.15, -0.1) is 5.11 Å². The van der Waals surface area contributed by atoms with Crippen molar-refractivity contribution in [2.75, 3.05) is 18.6 Å². The molecule has 4 N–H and O–H groups in total. The largest absolute Gasteiger partial charge is 0.481 e. The van der Waals surface area contributed by atoms with Gasteiger partial charge in [-0.1, -0.05) is 17.7 Å². The van der Waals surface area contributed by atoms with Gasteiger partial charge in [0.15, 0.2) is 5.82 Å². The normalized spacial score (nSPS) is 11.0. The number of halogens is 1. The second-order valence-electron chi connectivity index (χ2n) is 5.46. The standard InChI is InChI=1S/C18H17ClN6O/c1-26-16-4-2-3-14(22-16)9-11-10-15(18(21)23-17(11)20)25-24-13-7-5-12(19)6-8-13/h2-8,10H,9H2,1H3,(H4,20,21,23). The summed E-state index contributed by atoms with van der Waals surface area (Å²) in [7, 11) is 1.57. The van der Waals surface area contributed by atoms with E-state index in [1.54, 1.807) is 43.5 Å². The van der Waals surface area contributed by atoms with Crippen molar-refractivity contribution in [1.82, 2.24) is 9.97 Å². The predicted molar refractivity (Wildman–Crippen MR) is 102 cm³/mol. The van der Waals surface area contributed by atoms with Gasteiger partial charge in [0.2, 0.25) is 5.88 Å². The van der Waals surface area contributed by atoms with Crippen LogP contribution in [0.25, 0.3) is 0 Å². The molecule has 8 heteroatoms. The molecule has 2 aromatic heterocycles. The Morgan fingerprint density at radius 3 is 2.50 bits per heavy atom. The highest BCUT2D eigenvalue weighted by molar-refractivity contribution is 6.30. The summed E-state index contributed by atoms with van der Waals surface area (Å²) in [6.45, 7) is 0. The van der Waals surface area contributed by atoms with E-state index in [2.05, 4.69) is 20.2 Å². The lowest BCUT2D eigenvalue weighted by atomic mass is 10.1. The molecule has 0 unspecified atom stereocenters. The molecule has 0 amide bonds. The van der Waals surface area contributed by atoms with Crippen molar-refractivity contribution in [3.8, 4) is 5.88 Å². The Labute approximate surface area is 155 Å². The van der Waals surface area contributed by atoms with Crippen LogP contribution in [0.15, 0.2) is 58.8 Å². The summed E-state index contributed by atoms with van der Waals surface area (Å²) < 4.78 is 5.14. The average molecular weight is 369 g/mol. The average Bonchev–Trinajstić information content (AvgIpc) is 2.64. The van der Waals surface area contributed by atoms with Gasteiger partial charge in [0, 0.05) is 28.8 Å². The van der Waals surface area contributed by atoms with Gasteiger partial charge in [0.1, 0.15) is 11.5 Å². The summed E-state index contributed by atoms with van der Waals surface area (Å²) >= 11 is 5.86. The molecule has 26 heavy (non-hydrogen) atoms. The predicted octanol–water partition coefficient (Wildman–Crippen LogP) is 4.31. The van der Waals surface area contributed by atoms with Gasteiger partial charge in [-0.3, -0.25) is 0 Å². The zero-order valence-electron chi connectivity index (χ0n) is 14.1. The topological polar surface area (TPSA) is 112 Å². The van der Waals surface area contributed by atoms with Crippen LogP contribution in [-0.2, 0) is 6.42 Å². The molecule has 0 atom stereocenters. The van der Waals surface area contributed by atoms with Gasteiger partial charge < -0.3 is 16.2 Å². The first-order valence-electron chi connectivity index (χ1n) is 7.77. The fraction of sp³-hybridized carbons (Fsp3) is 0.111. The number of aromatic nitrogens is 2. The Morgan fingerprint density at radius 2 is 1.77 bits per heavy atom. The third-order valence-corrected chi connectivity index (χ3v) is 3.86. The summed E-state index contributed by atoms with van der Waals surface area (Å²) in [4.78, 5) is 8.54. The van der Waals surface area contributed by atoms with Crippen molar-refractivity contribution < 1.29 is 4.74 Å². The van der Waals surface area contributed by atoms with Crippen molar-refractivity contribution in [3.05, 3.63) is 64.8 Å². The second-order valence-corrected chi connectivity index (χ2v) is 5.90. The van der Waals surface area contributed by atoms with E-state index < -0.39 is 0 Å². The van der Waals surface area contributed by atoms with E-state index in [-0.39, 0.29) is 5.82 Å². The minimum atomic E-state index is 0.211. The Hall–Kier alpha value is -3.19. The minimum absolute atomic E-state index is 0.211. The summed E-state index contributed by atoms with van der Waals surface area (Å²) in [5.74, 6) is 1.08. The van der Waals surface area contributed by atoms with E-state index in [0.717, 1.165) is 11.3 Å². The SMILES string of the molecule is COc1cccc(Cc2cc(N=Nc3ccc(Cl)cc3)c(N)nc2N)n1. The molecular formula is C18H17ClN6O. The van der Waals surface area contributed by atoms with E-state index >= 15 is 0 Å². The minimum Gasteiger partial charge on any atom is -0.481 e. The van der Waals surface area contributed by atoms with Gasteiger partial charge in [-0.2, -0.15) is 5.11 Å². The maximum atomic E-state index is 6.00. The molecule has 0 aliphatic rings. The highest BCUT2D eigenvalue weighted by atomic mass is 35.5. The summed E-state index contributed by atoms with van der Waals surface area (Å²) in [5.41, 5.74) is 14.6. The molecule has 0 bridgehead atoms.